The zero-order valence-corrected chi connectivity index (χ0v) is 17.9. The lowest BCUT2D eigenvalue weighted by Gasteiger charge is -2.45. The minimum Gasteiger partial charge on any atom is -0.206 e. The molecule has 0 radical (unpaired) electrons. The van der Waals surface area contributed by atoms with Crippen LogP contribution in [0.1, 0.15) is 88.2 Å². The van der Waals surface area contributed by atoms with E-state index in [1.807, 2.05) is 0 Å². The number of allylic oxidation sites excluding steroid dienone is 2. The predicted octanol–water partition coefficient (Wildman–Crippen LogP) is 8.53. The van der Waals surface area contributed by atoms with Crippen molar-refractivity contribution in [1.29, 1.82) is 0 Å². The quantitative estimate of drug-likeness (QED) is 0.338. The fourth-order valence-corrected chi connectivity index (χ4v) is 6.75. The molecule has 4 heteroatoms. The van der Waals surface area contributed by atoms with Crippen molar-refractivity contribution in [2.24, 2.45) is 29.6 Å². The summed E-state index contributed by atoms with van der Waals surface area (Å²) >= 11 is 0. The molecule has 0 heterocycles. The van der Waals surface area contributed by atoms with Crippen molar-refractivity contribution in [2.75, 3.05) is 0 Å². The summed E-state index contributed by atoms with van der Waals surface area (Å²) < 4.78 is 52.6. The van der Waals surface area contributed by atoms with Gasteiger partial charge in [0.15, 0.2) is 0 Å². The highest BCUT2D eigenvalue weighted by atomic mass is 19.4. The molecule has 0 nitrogen and oxygen atoms in total. The largest absolute Gasteiger partial charge is 0.419 e. The van der Waals surface area contributed by atoms with E-state index < -0.39 is 17.6 Å². The van der Waals surface area contributed by atoms with Gasteiger partial charge in [-0.25, -0.2) is 4.39 Å². The zero-order chi connectivity index (χ0) is 21.3. The van der Waals surface area contributed by atoms with Gasteiger partial charge in [-0.3, -0.25) is 0 Å². The van der Waals surface area contributed by atoms with E-state index in [-0.39, 0.29) is 5.92 Å². The highest BCUT2D eigenvalue weighted by Gasteiger charge is 2.39. The number of rotatable bonds is 3. The number of benzene rings is 1. The Hall–Kier alpha value is -1.32. The average Bonchev–Trinajstić information content (AvgIpc) is 2.73. The zero-order valence-electron chi connectivity index (χ0n) is 17.9. The van der Waals surface area contributed by atoms with E-state index in [9.17, 15) is 17.6 Å². The maximum Gasteiger partial charge on any atom is 0.419 e. The summed E-state index contributed by atoms with van der Waals surface area (Å²) in [7, 11) is 0. The van der Waals surface area contributed by atoms with E-state index in [2.05, 4.69) is 19.1 Å². The molecule has 0 amide bonds. The van der Waals surface area contributed by atoms with Gasteiger partial charge in [-0.15, -0.1) is 0 Å². The Morgan fingerprint density at radius 3 is 2.03 bits per heavy atom. The van der Waals surface area contributed by atoms with Crippen molar-refractivity contribution in [1.82, 2.24) is 0 Å². The van der Waals surface area contributed by atoms with E-state index in [0.717, 1.165) is 60.6 Å². The van der Waals surface area contributed by atoms with Crippen LogP contribution < -0.4 is 0 Å². The monoisotopic (exact) mass is 422 g/mol. The van der Waals surface area contributed by atoms with Gasteiger partial charge in [-0.2, -0.15) is 13.2 Å². The molecule has 30 heavy (non-hydrogen) atoms. The van der Waals surface area contributed by atoms with E-state index in [1.165, 1.54) is 51.0 Å². The third-order valence-corrected chi connectivity index (χ3v) is 8.37. The molecule has 0 spiro atoms. The summed E-state index contributed by atoms with van der Waals surface area (Å²) in [5, 5.41) is 0. The first-order valence-electron chi connectivity index (χ1n) is 11.8. The first-order chi connectivity index (χ1) is 14.3. The Balaban J connectivity index is 1.33. The second-order valence-corrected chi connectivity index (χ2v) is 10.0. The number of hydrogen-bond acceptors (Lipinski definition) is 0. The molecular formula is C26H34F4. The van der Waals surface area contributed by atoms with Crippen LogP contribution in [0.15, 0.2) is 30.4 Å². The molecule has 3 fully saturated rings. The normalized spacial score (nSPS) is 35.4. The van der Waals surface area contributed by atoms with Crippen LogP contribution in [0.5, 0.6) is 0 Å². The second-order valence-electron chi connectivity index (χ2n) is 10.0. The van der Waals surface area contributed by atoms with Crippen molar-refractivity contribution in [3.05, 3.63) is 47.3 Å². The van der Waals surface area contributed by atoms with Crippen LogP contribution in [-0.4, -0.2) is 0 Å². The maximum absolute atomic E-state index is 14.0. The fourth-order valence-electron chi connectivity index (χ4n) is 6.75. The van der Waals surface area contributed by atoms with Crippen molar-refractivity contribution in [3.8, 4) is 0 Å². The second kappa shape index (κ2) is 9.04. The average molecular weight is 423 g/mol. The highest BCUT2D eigenvalue weighted by Crippen LogP contribution is 2.51. The predicted molar refractivity (Wildman–Crippen MR) is 113 cm³/mol. The molecule has 0 bridgehead atoms. The number of halogens is 4. The van der Waals surface area contributed by atoms with E-state index in [0.29, 0.717) is 5.92 Å². The molecule has 3 aliphatic rings. The molecule has 4 unspecified atom stereocenters. The first kappa shape index (κ1) is 21.9. The lowest BCUT2D eigenvalue weighted by Crippen LogP contribution is -2.34. The fraction of sp³-hybridized carbons (Fsp3) is 0.692. The van der Waals surface area contributed by atoms with Gasteiger partial charge in [0.2, 0.25) is 0 Å². The summed E-state index contributed by atoms with van der Waals surface area (Å²) in [6.45, 7) is 2.11. The third-order valence-electron chi connectivity index (χ3n) is 8.37. The van der Waals surface area contributed by atoms with Crippen LogP contribution in [0.3, 0.4) is 0 Å². The molecule has 4 rings (SSSR count). The summed E-state index contributed by atoms with van der Waals surface area (Å²) in [4.78, 5) is 0. The lowest BCUT2D eigenvalue weighted by atomic mass is 9.60. The Morgan fingerprint density at radius 2 is 1.40 bits per heavy atom. The third kappa shape index (κ3) is 4.78. The SMILES string of the molecule is C/C=C/C1CCC(C2CCC3CC(c4ccc(C(F)(F)F)c(F)c4)CCC3C2)CC1. The smallest absolute Gasteiger partial charge is 0.206 e. The molecule has 3 saturated carbocycles. The van der Waals surface area contributed by atoms with Gasteiger partial charge in [0, 0.05) is 0 Å². The van der Waals surface area contributed by atoms with E-state index in [4.69, 9.17) is 0 Å². The molecular weight excluding hydrogens is 388 g/mol. The van der Waals surface area contributed by atoms with Crippen molar-refractivity contribution in [2.45, 2.75) is 83.2 Å². The summed E-state index contributed by atoms with van der Waals surface area (Å²) in [5.74, 6) is 3.02. The molecule has 1 aromatic carbocycles. The lowest BCUT2D eigenvalue weighted by molar-refractivity contribution is -0.140. The summed E-state index contributed by atoms with van der Waals surface area (Å²) in [5.41, 5.74) is -0.395. The highest BCUT2D eigenvalue weighted by molar-refractivity contribution is 5.29. The molecule has 0 saturated heterocycles. The van der Waals surface area contributed by atoms with Crippen LogP contribution in [0, 0.1) is 35.4 Å². The van der Waals surface area contributed by atoms with Crippen LogP contribution in [0.25, 0.3) is 0 Å². The molecule has 3 aliphatic carbocycles. The van der Waals surface area contributed by atoms with Crippen molar-refractivity contribution >= 4 is 0 Å². The maximum atomic E-state index is 14.0. The molecule has 0 aliphatic heterocycles. The molecule has 1 aromatic rings. The van der Waals surface area contributed by atoms with E-state index in [1.54, 1.807) is 0 Å². The Kier molecular flexibility index (Phi) is 6.60. The Bertz CT molecular complexity index is 742. The van der Waals surface area contributed by atoms with Crippen LogP contribution in [0.4, 0.5) is 17.6 Å². The summed E-state index contributed by atoms with van der Waals surface area (Å²) in [6.07, 6.45) is 12.3. The number of fused-ring (bicyclic) bond motifs is 1. The van der Waals surface area contributed by atoms with Gasteiger partial charge < -0.3 is 0 Å². The number of alkyl halides is 3. The first-order valence-corrected chi connectivity index (χ1v) is 11.8. The Morgan fingerprint density at radius 1 is 0.800 bits per heavy atom. The number of hydrogen-bond donors (Lipinski definition) is 0. The molecule has 0 aromatic heterocycles. The standard InChI is InChI=1S/C26H34F4/c1-2-3-17-4-6-18(7-5-17)19-8-9-21-15-22(11-10-20(21)14-19)23-12-13-24(25(27)16-23)26(28,29)30/h2-3,12-13,16-22H,4-11,14-15H2,1H3/b3-2+. The van der Waals surface area contributed by atoms with Crippen molar-refractivity contribution in [3.63, 3.8) is 0 Å². The van der Waals surface area contributed by atoms with Gasteiger partial charge in [-0.05, 0) is 124 Å². The van der Waals surface area contributed by atoms with Crippen LogP contribution >= 0.6 is 0 Å². The Labute approximate surface area is 178 Å². The molecule has 0 N–H and O–H groups in total. The van der Waals surface area contributed by atoms with Crippen LogP contribution in [0.2, 0.25) is 0 Å². The van der Waals surface area contributed by atoms with Crippen molar-refractivity contribution < 1.29 is 17.6 Å². The van der Waals surface area contributed by atoms with Crippen LogP contribution in [-0.2, 0) is 6.18 Å². The minimum absolute atomic E-state index is 0.204. The molecule has 166 valence electrons. The summed E-state index contributed by atoms with van der Waals surface area (Å²) in [6, 6.07) is 3.58. The van der Waals surface area contributed by atoms with Gasteiger partial charge >= 0.3 is 6.18 Å². The van der Waals surface area contributed by atoms with Gasteiger partial charge in [0.05, 0.1) is 5.56 Å². The van der Waals surface area contributed by atoms with Gasteiger partial charge in [0.25, 0.3) is 0 Å². The molecule has 4 atom stereocenters. The van der Waals surface area contributed by atoms with E-state index >= 15 is 0 Å². The minimum atomic E-state index is -4.62. The van der Waals surface area contributed by atoms with Gasteiger partial charge in [-0.1, -0.05) is 18.2 Å². The van der Waals surface area contributed by atoms with Gasteiger partial charge in [0.1, 0.15) is 5.82 Å². The topological polar surface area (TPSA) is 0 Å².